The minimum absolute atomic E-state index is 0.00163. The number of hydrogen-bond acceptors (Lipinski definition) is 1. The molecule has 0 bridgehead atoms. The molecule has 3 nitrogen and oxygen atoms in total. The zero-order chi connectivity index (χ0) is 16.2. The lowest BCUT2D eigenvalue weighted by molar-refractivity contribution is 0.206. The maximum Gasteiger partial charge on any atom is 0.322 e. The van der Waals surface area contributed by atoms with Crippen LogP contribution in [0.2, 0.25) is 0 Å². The standard InChI is InChI=1S/C18H18F2N2O/c19-14-8-9-17(16(20)12-14)21-18(23)22-10-4-7-15(22)11-13-5-2-1-3-6-13/h1-3,5-6,8-9,12,15H,4,7,10-11H2,(H,21,23). The third kappa shape index (κ3) is 3.67. The first-order valence-electron chi connectivity index (χ1n) is 7.70. The maximum atomic E-state index is 13.7. The number of carbonyl (C=O) groups excluding carboxylic acids is 1. The molecule has 1 aliphatic rings. The van der Waals surface area contributed by atoms with Crippen LogP contribution in [0, 0.1) is 11.6 Å². The summed E-state index contributed by atoms with van der Waals surface area (Å²) in [6.07, 6.45) is 2.63. The molecule has 5 heteroatoms. The lowest BCUT2D eigenvalue weighted by Crippen LogP contribution is -2.39. The third-order valence-electron chi connectivity index (χ3n) is 4.12. The van der Waals surface area contributed by atoms with Gasteiger partial charge in [-0.3, -0.25) is 0 Å². The Labute approximate surface area is 133 Å². The van der Waals surface area contributed by atoms with Gasteiger partial charge in [0, 0.05) is 18.7 Å². The summed E-state index contributed by atoms with van der Waals surface area (Å²) in [4.78, 5) is 14.1. The Hall–Kier alpha value is -2.43. The van der Waals surface area contributed by atoms with Crippen molar-refractivity contribution in [3.63, 3.8) is 0 Å². The monoisotopic (exact) mass is 316 g/mol. The van der Waals surface area contributed by atoms with Crippen molar-refractivity contribution < 1.29 is 13.6 Å². The molecule has 0 spiro atoms. The Kier molecular flexibility index (Phi) is 4.55. The van der Waals surface area contributed by atoms with Crippen molar-refractivity contribution in [2.75, 3.05) is 11.9 Å². The summed E-state index contributed by atoms with van der Waals surface area (Å²) in [6.45, 7) is 0.645. The zero-order valence-corrected chi connectivity index (χ0v) is 12.6. The second-order valence-electron chi connectivity index (χ2n) is 5.73. The minimum Gasteiger partial charge on any atom is -0.321 e. The molecule has 1 saturated heterocycles. The fraction of sp³-hybridized carbons (Fsp3) is 0.278. The van der Waals surface area contributed by atoms with Gasteiger partial charge in [0.1, 0.15) is 11.6 Å². The molecular weight excluding hydrogens is 298 g/mol. The number of carbonyl (C=O) groups is 1. The van der Waals surface area contributed by atoms with E-state index in [0.29, 0.717) is 6.54 Å². The molecule has 1 unspecified atom stereocenters. The number of urea groups is 1. The SMILES string of the molecule is O=C(Nc1ccc(F)cc1F)N1CCCC1Cc1ccccc1. The summed E-state index contributed by atoms with van der Waals surface area (Å²) < 4.78 is 26.6. The number of likely N-dealkylation sites (tertiary alicyclic amines) is 1. The van der Waals surface area contributed by atoms with Crippen molar-refractivity contribution in [3.05, 3.63) is 65.7 Å². The summed E-state index contributed by atoms with van der Waals surface area (Å²) in [7, 11) is 0. The fourth-order valence-electron chi connectivity index (χ4n) is 2.98. The number of anilines is 1. The Bertz CT molecular complexity index is 691. The zero-order valence-electron chi connectivity index (χ0n) is 12.6. The van der Waals surface area contributed by atoms with Crippen LogP contribution < -0.4 is 5.32 Å². The Balaban J connectivity index is 1.68. The predicted octanol–water partition coefficient (Wildman–Crippen LogP) is 4.20. The van der Waals surface area contributed by atoms with Gasteiger partial charge in [0.2, 0.25) is 0 Å². The summed E-state index contributed by atoms with van der Waals surface area (Å²) in [5.41, 5.74) is 1.17. The molecular formula is C18H18F2N2O. The number of nitrogens with zero attached hydrogens (tertiary/aromatic N) is 1. The molecule has 1 atom stereocenters. The summed E-state index contributed by atoms with van der Waals surface area (Å²) >= 11 is 0. The largest absolute Gasteiger partial charge is 0.322 e. The van der Waals surface area contributed by atoms with E-state index in [0.717, 1.165) is 31.4 Å². The second kappa shape index (κ2) is 6.77. The van der Waals surface area contributed by atoms with Gasteiger partial charge in [0.25, 0.3) is 0 Å². The first kappa shape index (κ1) is 15.5. The van der Waals surface area contributed by atoms with Gasteiger partial charge in [-0.15, -0.1) is 0 Å². The molecule has 1 N–H and O–H groups in total. The molecule has 0 saturated carbocycles. The molecule has 2 aromatic carbocycles. The minimum atomic E-state index is -0.767. The van der Waals surface area contributed by atoms with Crippen LogP contribution in [0.25, 0.3) is 0 Å². The van der Waals surface area contributed by atoms with Crippen molar-refractivity contribution in [3.8, 4) is 0 Å². The number of benzene rings is 2. The van der Waals surface area contributed by atoms with Crippen LogP contribution in [0.4, 0.5) is 19.3 Å². The molecule has 3 rings (SSSR count). The van der Waals surface area contributed by atoms with Crippen molar-refractivity contribution in [1.82, 2.24) is 4.90 Å². The average molecular weight is 316 g/mol. The smallest absolute Gasteiger partial charge is 0.321 e. The molecule has 120 valence electrons. The van der Waals surface area contributed by atoms with Gasteiger partial charge in [-0.05, 0) is 37.0 Å². The van der Waals surface area contributed by atoms with Crippen LogP contribution in [0.15, 0.2) is 48.5 Å². The molecule has 1 aliphatic heterocycles. The first-order valence-corrected chi connectivity index (χ1v) is 7.70. The molecule has 1 heterocycles. The average Bonchev–Trinajstić information content (AvgIpc) is 2.99. The van der Waals surface area contributed by atoms with Gasteiger partial charge in [0.15, 0.2) is 0 Å². The number of amides is 2. The summed E-state index contributed by atoms with van der Waals surface area (Å²) in [5.74, 6) is -1.43. The van der Waals surface area contributed by atoms with Gasteiger partial charge >= 0.3 is 6.03 Å². The van der Waals surface area contributed by atoms with Crippen molar-refractivity contribution in [1.29, 1.82) is 0 Å². The normalized spacial score (nSPS) is 17.3. The lowest BCUT2D eigenvalue weighted by Gasteiger charge is -2.25. The quantitative estimate of drug-likeness (QED) is 0.904. The molecule has 0 aliphatic carbocycles. The number of nitrogens with one attached hydrogen (secondary N) is 1. The van der Waals surface area contributed by atoms with E-state index in [1.807, 2.05) is 30.3 Å². The third-order valence-corrected chi connectivity index (χ3v) is 4.12. The highest BCUT2D eigenvalue weighted by Crippen LogP contribution is 2.23. The van der Waals surface area contributed by atoms with Crippen molar-refractivity contribution in [2.24, 2.45) is 0 Å². The van der Waals surface area contributed by atoms with Crippen molar-refractivity contribution in [2.45, 2.75) is 25.3 Å². The summed E-state index contributed by atoms with van der Waals surface area (Å²) in [5, 5.41) is 2.54. The van der Waals surface area contributed by atoms with Crippen molar-refractivity contribution >= 4 is 11.7 Å². The number of halogens is 2. The molecule has 23 heavy (non-hydrogen) atoms. The molecule has 0 aromatic heterocycles. The van der Waals surface area contributed by atoms with E-state index in [1.54, 1.807) is 4.90 Å². The van der Waals surface area contributed by atoms with Gasteiger partial charge in [-0.1, -0.05) is 30.3 Å². The number of hydrogen-bond donors (Lipinski definition) is 1. The van der Waals surface area contributed by atoms with E-state index in [2.05, 4.69) is 5.32 Å². The topological polar surface area (TPSA) is 32.3 Å². The van der Waals surface area contributed by atoms with Gasteiger partial charge < -0.3 is 10.2 Å². The van der Waals surface area contributed by atoms with Gasteiger partial charge in [-0.25, -0.2) is 13.6 Å². The van der Waals surface area contributed by atoms with E-state index in [4.69, 9.17) is 0 Å². The van der Waals surface area contributed by atoms with E-state index >= 15 is 0 Å². The van der Waals surface area contributed by atoms with Gasteiger partial charge in [0.05, 0.1) is 5.69 Å². The fourth-order valence-corrected chi connectivity index (χ4v) is 2.98. The van der Waals surface area contributed by atoms with Crippen LogP contribution >= 0.6 is 0 Å². The number of rotatable bonds is 3. The van der Waals surface area contributed by atoms with E-state index in [-0.39, 0.29) is 17.8 Å². The molecule has 0 radical (unpaired) electrons. The Morgan fingerprint density at radius 2 is 1.96 bits per heavy atom. The highest BCUT2D eigenvalue weighted by molar-refractivity contribution is 5.89. The van der Waals surface area contributed by atoms with Crippen LogP contribution in [-0.4, -0.2) is 23.5 Å². The van der Waals surface area contributed by atoms with Gasteiger partial charge in [-0.2, -0.15) is 0 Å². The molecule has 1 fully saturated rings. The molecule has 2 amide bonds. The van der Waals surface area contributed by atoms with E-state index in [9.17, 15) is 13.6 Å². The first-order chi connectivity index (χ1) is 11.1. The van der Waals surface area contributed by atoms with Crippen LogP contribution in [-0.2, 0) is 6.42 Å². The Morgan fingerprint density at radius 1 is 1.17 bits per heavy atom. The Morgan fingerprint density at radius 3 is 2.70 bits per heavy atom. The van der Waals surface area contributed by atoms with Crippen LogP contribution in [0.1, 0.15) is 18.4 Å². The van der Waals surface area contributed by atoms with Crippen LogP contribution in [0.3, 0.4) is 0 Å². The van der Waals surface area contributed by atoms with Crippen LogP contribution in [0.5, 0.6) is 0 Å². The highest BCUT2D eigenvalue weighted by Gasteiger charge is 2.29. The van der Waals surface area contributed by atoms with E-state index in [1.165, 1.54) is 11.6 Å². The highest BCUT2D eigenvalue weighted by atomic mass is 19.1. The lowest BCUT2D eigenvalue weighted by atomic mass is 10.0. The van der Waals surface area contributed by atoms with E-state index < -0.39 is 11.6 Å². The molecule has 2 aromatic rings. The predicted molar refractivity (Wildman–Crippen MR) is 85.3 cm³/mol. The maximum absolute atomic E-state index is 13.7. The second-order valence-corrected chi connectivity index (χ2v) is 5.73. The summed E-state index contributed by atoms with van der Waals surface area (Å²) in [6, 6.07) is 12.9.